The maximum Gasteiger partial charge on any atom is 0.253 e. The maximum absolute atomic E-state index is 12.9. The second-order valence-electron chi connectivity index (χ2n) is 6.30. The van der Waals surface area contributed by atoms with E-state index in [1.807, 2.05) is 30.3 Å². The molecule has 5 nitrogen and oxygen atoms in total. The van der Waals surface area contributed by atoms with Crippen molar-refractivity contribution in [3.8, 4) is 5.75 Å². The first-order valence-corrected chi connectivity index (χ1v) is 10.4. The van der Waals surface area contributed by atoms with Gasteiger partial charge in [0, 0.05) is 11.3 Å². The number of fused-ring (bicyclic) bond motifs is 1. The lowest BCUT2D eigenvalue weighted by Crippen LogP contribution is -2.56. The van der Waals surface area contributed by atoms with Gasteiger partial charge in [0.15, 0.2) is 5.11 Å². The van der Waals surface area contributed by atoms with Gasteiger partial charge in [-0.3, -0.25) is 4.79 Å². The summed E-state index contributed by atoms with van der Waals surface area (Å²) in [6.07, 6.45) is -1.08. The van der Waals surface area contributed by atoms with Gasteiger partial charge in [0.05, 0.1) is 7.11 Å². The number of anilines is 1. The average molecular weight is 483 g/mol. The Hall–Kier alpha value is -2.25. The third-order valence-electron chi connectivity index (χ3n) is 4.26. The lowest BCUT2D eigenvalue weighted by molar-refractivity contribution is 0.0936. The Morgan fingerprint density at radius 2 is 1.63 bits per heavy atom. The molecule has 1 atom stereocenters. The van der Waals surface area contributed by atoms with E-state index in [0.29, 0.717) is 17.0 Å². The van der Waals surface area contributed by atoms with Gasteiger partial charge in [-0.05, 0) is 53.3 Å². The Kier molecular flexibility index (Phi) is 7.26. The number of thiocarbonyl (C=S) groups is 1. The first-order valence-electron chi connectivity index (χ1n) is 8.85. The first-order chi connectivity index (χ1) is 14.3. The van der Waals surface area contributed by atoms with Crippen LogP contribution in [-0.2, 0) is 0 Å². The number of amides is 1. The van der Waals surface area contributed by atoms with Crippen molar-refractivity contribution in [1.29, 1.82) is 0 Å². The van der Waals surface area contributed by atoms with Crippen molar-refractivity contribution in [2.75, 3.05) is 12.4 Å². The maximum atomic E-state index is 12.9. The highest BCUT2D eigenvalue weighted by Crippen LogP contribution is 2.30. The minimum atomic E-state index is -1.86. The zero-order chi connectivity index (χ0) is 21.7. The van der Waals surface area contributed by atoms with E-state index < -0.39 is 15.9 Å². The number of ether oxygens (including phenoxy) is 1. The molecule has 3 rings (SSSR count). The van der Waals surface area contributed by atoms with Crippen LogP contribution in [0.25, 0.3) is 10.8 Å². The van der Waals surface area contributed by atoms with Crippen LogP contribution in [0.15, 0.2) is 66.7 Å². The van der Waals surface area contributed by atoms with E-state index in [2.05, 4.69) is 16.0 Å². The van der Waals surface area contributed by atoms with Crippen LogP contribution < -0.4 is 20.7 Å². The van der Waals surface area contributed by atoms with Crippen molar-refractivity contribution in [2.24, 2.45) is 0 Å². The van der Waals surface area contributed by atoms with Gasteiger partial charge in [-0.1, -0.05) is 71.2 Å². The minimum Gasteiger partial charge on any atom is -0.497 e. The molecule has 3 aromatic carbocycles. The monoisotopic (exact) mass is 481 g/mol. The number of benzene rings is 3. The Bertz CT molecular complexity index is 1050. The Balaban J connectivity index is 1.74. The molecule has 1 unspecified atom stereocenters. The smallest absolute Gasteiger partial charge is 0.253 e. The van der Waals surface area contributed by atoms with Gasteiger partial charge in [-0.15, -0.1) is 0 Å². The van der Waals surface area contributed by atoms with Crippen LogP contribution >= 0.6 is 47.0 Å². The molecule has 0 aromatic heterocycles. The average Bonchev–Trinajstić information content (AvgIpc) is 2.72. The molecule has 0 fully saturated rings. The van der Waals surface area contributed by atoms with Crippen LogP contribution in [0.5, 0.6) is 5.75 Å². The fourth-order valence-corrected chi connectivity index (χ4v) is 3.37. The molecule has 0 aliphatic carbocycles. The van der Waals surface area contributed by atoms with E-state index in [-0.39, 0.29) is 5.11 Å². The van der Waals surface area contributed by atoms with Crippen LogP contribution in [0, 0.1) is 0 Å². The number of halogens is 3. The van der Waals surface area contributed by atoms with E-state index >= 15 is 0 Å². The van der Waals surface area contributed by atoms with Crippen LogP contribution in [0.4, 0.5) is 5.69 Å². The molecule has 0 heterocycles. The summed E-state index contributed by atoms with van der Waals surface area (Å²) in [5.41, 5.74) is 1.17. The van der Waals surface area contributed by atoms with Crippen molar-refractivity contribution in [1.82, 2.24) is 10.6 Å². The van der Waals surface area contributed by atoms with E-state index in [1.165, 1.54) is 0 Å². The molecule has 30 heavy (non-hydrogen) atoms. The normalized spacial score (nSPS) is 12.1. The van der Waals surface area contributed by atoms with Crippen molar-refractivity contribution >= 4 is 74.5 Å². The molecular weight excluding hydrogens is 465 g/mol. The molecule has 0 saturated heterocycles. The number of rotatable bonds is 5. The Morgan fingerprint density at radius 1 is 0.967 bits per heavy atom. The molecule has 3 aromatic rings. The van der Waals surface area contributed by atoms with Gasteiger partial charge in [-0.2, -0.15) is 0 Å². The van der Waals surface area contributed by atoms with Gasteiger partial charge in [0.1, 0.15) is 11.9 Å². The molecule has 156 valence electrons. The Labute approximate surface area is 194 Å². The van der Waals surface area contributed by atoms with E-state index in [4.69, 9.17) is 51.8 Å². The van der Waals surface area contributed by atoms with Crippen molar-refractivity contribution < 1.29 is 9.53 Å². The third kappa shape index (κ3) is 5.67. The quantitative estimate of drug-likeness (QED) is 0.263. The topological polar surface area (TPSA) is 62.4 Å². The fraction of sp³-hybridized carbons (Fsp3) is 0.143. The summed E-state index contributed by atoms with van der Waals surface area (Å²) in [5.74, 6) is 0.309. The summed E-state index contributed by atoms with van der Waals surface area (Å²) in [5, 5.41) is 10.4. The van der Waals surface area contributed by atoms with Crippen LogP contribution in [0.1, 0.15) is 10.4 Å². The van der Waals surface area contributed by atoms with E-state index in [9.17, 15) is 4.79 Å². The van der Waals surface area contributed by atoms with Crippen molar-refractivity contribution in [2.45, 2.75) is 9.96 Å². The number of alkyl halides is 3. The lowest BCUT2D eigenvalue weighted by Gasteiger charge is -2.28. The van der Waals surface area contributed by atoms with Gasteiger partial charge in [-0.25, -0.2) is 0 Å². The van der Waals surface area contributed by atoms with Gasteiger partial charge >= 0.3 is 0 Å². The summed E-state index contributed by atoms with van der Waals surface area (Å²) >= 11 is 23.6. The highest BCUT2D eigenvalue weighted by Gasteiger charge is 2.35. The fourth-order valence-electron chi connectivity index (χ4n) is 2.80. The van der Waals surface area contributed by atoms with Crippen molar-refractivity contribution in [3.05, 3.63) is 72.3 Å². The molecule has 1 amide bonds. The van der Waals surface area contributed by atoms with Gasteiger partial charge in [0.25, 0.3) is 5.91 Å². The lowest BCUT2D eigenvalue weighted by atomic mass is 10.0. The molecule has 0 aliphatic rings. The molecule has 0 saturated carbocycles. The second kappa shape index (κ2) is 9.71. The number of carbonyl (C=O) groups is 1. The van der Waals surface area contributed by atoms with Crippen LogP contribution in [-0.4, -0.2) is 28.1 Å². The SMILES string of the molecule is COc1ccc(NC(=S)NC(NC(=O)c2cccc3ccccc23)C(Cl)(Cl)Cl)cc1. The zero-order valence-electron chi connectivity index (χ0n) is 15.8. The standard InChI is InChI=1S/C21H18Cl3N3O2S/c1-29-15-11-9-14(10-12-15)25-20(30)27-19(21(22,23)24)26-18(28)17-8-4-6-13-5-2-3-7-16(13)17/h2-12,19H,1H3,(H,26,28)(H2,25,27,30). The summed E-state index contributed by atoms with van der Waals surface area (Å²) in [6, 6.07) is 20.1. The molecule has 0 bridgehead atoms. The van der Waals surface area contributed by atoms with E-state index in [0.717, 1.165) is 10.8 Å². The molecule has 0 aliphatic heterocycles. The van der Waals surface area contributed by atoms with E-state index in [1.54, 1.807) is 43.5 Å². The number of nitrogens with one attached hydrogen (secondary N) is 3. The predicted octanol–water partition coefficient (Wildman–Crippen LogP) is 5.26. The summed E-state index contributed by atoms with van der Waals surface area (Å²) < 4.78 is 3.27. The largest absolute Gasteiger partial charge is 0.497 e. The van der Waals surface area contributed by atoms with Crippen molar-refractivity contribution in [3.63, 3.8) is 0 Å². The van der Waals surface area contributed by atoms with Gasteiger partial charge in [0.2, 0.25) is 3.79 Å². The molecular formula is C21H18Cl3N3O2S. The molecule has 0 radical (unpaired) electrons. The summed E-state index contributed by atoms with van der Waals surface area (Å²) in [7, 11) is 1.58. The van der Waals surface area contributed by atoms with Crippen LogP contribution in [0.2, 0.25) is 0 Å². The predicted molar refractivity (Wildman–Crippen MR) is 128 cm³/mol. The number of carbonyl (C=O) groups excluding carboxylic acids is 1. The Morgan fingerprint density at radius 3 is 2.30 bits per heavy atom. The van der Waals surface area contributed by atoms with Crippen LogP contribution in [0.3, 0.4) is 0 Å². The minimum absolute atomic E-state index is 0.176. The number of hydrogen-bond donors (Lipinski definition) is 3. The third-order valence-corrected chi connectivity index (χ3v) is 5.13. The van der Waals surface area contributed by atoms with Gasteiger partial charge < -0.3 is 20.7 Å². The highest BCUT2D eigenvalue weighted by atomic mass is 35.6. The summed E-state index contributed by atoms with van der Waals surface area (Å²) in [4.78, 5) is 12.9. The number of methoxy groups -OCH3 is 1. The molecule has 0 spiro atoms. The second-order valence-corrected chi connectivity index (χ2v) is 9.08. The highest BCUT2D eigenvalue weighted by molar-refractivity contribution is 7.80. The zero-order valence-corrected chi connectivity index (χ0v) is 18.9. The molecule has 9 heteroatoms. The summed E-state index contributed by atoms with van der Waals surface area (Å²) in [6.45, 7) is 0. The first kappa shape index (κ1) is 22.4. The molecule has 3 N–H and O–H groups in total. The number of hydrogen-bond acceptors (Lipinski definition) is 3.